The third-order valence-electron chi connectivity index (χ3n) is 17.1. The molecule has 4 atom stereocenters. The van der Waals surface area contributed by atoms with Gasteiger partial charge in [-0.15, -0.1) is 0 Å². The molecule has 12 aromatic rings. The van der Waals surface area contributed by atoms with Crippen LogP contribution in [0.3, 0.4) is 0 Å². The Hall–Kier alpha value is -10.7. The Morgan fingerprint density at radius 2 is 1.10 bits per heavy atom. The summed E-state index contributed by atoms with van der Waals surface area (Å²) < 4.78 is 34.0. The first-order valence-corrected chi connectivity index (χ1v) is 30.6. The van der Waals surface area contributed by atoms with Crippen LogP contribution in [-0.2, 0) is 0 Å². The molecule has 0 aliphatic carbocycles. The van der Waals surface area contributed by atoms with E-state index >= 15 is 4.39 Å². The van der Waals surface area contributed by atoms with Crippen LogP contribution in [0, 0.1) is 5.82 Å². The number of aliphatic hydroxyl groups is 1. The minimum Gasteiger partial charge on any atom is -0.497 e. The lowest BCUT2D eigenvalue weighted by molar-refractivity contribution is 0.0912. The number of benzene rings is 9. The molecular formula is C73H64ClFN10O7. The number of H-pyrrole nitrogens is 3. The topological polar surface area (TPSA) is 224 Å². The predicted octanol–water partition coefficient (Wildman–Crippen LogP) is 13.5. The highest BCUT2D eigenvalue weighted by Gasteiger charge is 2.30. The number of rotatable bonds is 22. The molecule has 0 bridgehead atoms. The first kappa shape index (κ1) is 60.3. The number of hydrogen-bond acceptors (Lipinski definition) is 11. The van der Waals surface area contributed by atoms with Crippen LogP contribution >= 0.6 is 11.6 Å². The Labute approximate surface area is 533 Å². The molecule has 17 nitrogen and oxygen atoms in total. The number of nitrogens with one attached hydrogen (secondary N) is 6. The standard InChI is InChI=1S/C73H64ClFN10O7/c1-90-60-11-5-8-49(32-60)70(81-73(89)63-35-48(12-16-64(63)75)47-15-19-68-58(28-47)39-78-84-68)42-92-62-34-55(33-61(36-62)91-2)69(80-72(88)51-10-4-7-44(25-51)46-14-18-67-57(27-46)38-77-83-67)41-85-22-20-52(40-85)53-29-54(31-59(74)30-53)65(21-23-86)79-71(87)50-9-3-6-43(24-50)45-13-17-66-56(26-45)37-76-82-66/h3-19,24-39,52,65,69-70,86H,20-23,40-42H2,1-2H3,(H,76,82)(H,77,83)(H,78,84)(H,79,87)(H,80,88)(H,81,89). The second-order valence-corrected chi connectivity index (χ2v) is 23.5. The average Bonchev–Trinajstić information content (AvgIpc) is 1.52. The van der Waals surface area contributed by atoms with Crippen molar-refractivity contribution in [3.05, 3.63) is 250 Å². The summed E-state index contributed by atoms with van der Waals surface area (Å²) in [7, 11) is 3.11. The van der Waals surface area contributed by atoms with E-state index in [1.165, 1.54) is 12.1 Å². The Kier molecular flexibility index (Phi) is 17.6. The molecule has 4 heterocycles. The maximum Gasteiger partial charge on any atom is 0.254 e. The molecule has 1 aliphatic heterocycles. The van der Waals surface area contributed by atoms with Crippen molar-refractivity contribution in [2.45, 2.75) is 36.9 Å². The van der Waals surface area contributed by atoms with Crippen molar-refractivity contribution < 1.29 is 38.1 Å². The van der Waals surface area contributed by atoms with Crippen LogP contribution in [0.2, 0.25) is 5.02 Å². The van der Waals surface area contributed by atoms with Crippen molar-refractivity contribution in [1.82, 2.24) is 51.4 Å². The number of nitrogens with zero attached hydrogens (tertiary/aromatic N) is 4. The van der Waals surface area contributed by atoms with Crippen molar-refractivity contribution in [2.75, 3.05) is 47.1 Å². The van der Waals surface area contributed by atoms with Gasteiger partial charge in [-0.1, -0.05) is 78.3 Å². The number of fused-ring (bicyclic) bond motifs is 3. The van der Waals surface area contributed by atoms with E-state index in [0.717, 1.165) is 78.1 Å². The lowest BCUT2D eigenvalue weighted by atomic mass is 9.93. The molecule has 462 valence electrons. The van der Waals surface area contributed by atoms with Gasteiger partial charge in [-0.05, 0) is 190 Å². The molecule has 1 saturated heterocycles. The first-order valence-electron chi connectivity index (χ1n) is 30.2. The van der Waals surface area contributed by atoms with Crippen LogP contribution in [0.1, 0.15) is 90.2 Å². The van der Waals surface area contributed by atoms with E-state index in [4.69, 9.17) is 25.8 Å². The molecule has 0 saturated carbocycles. The summed E-state index contributed by atoms with van der Waals surface area (Å²) in [6.07, 6.45) is 6.26. The van der Waals surface area contributed by atoms with Gasteiger partial charge in [0, 0.05) is 58.1 Å². The van der Waals surface area contributed by atoms with Crippen LogP contribution in [0.25, 0.3) is 66.1 Å². The molecule has 3 amide bonds. The van der Waals surface area contributed by atoms with Crippen molar-refractivity contribution >= 4 is 62.0 Å². The number of amides is 3. The number of carbonyl (C=O) groups is 3. The van der Waals surface area contributed by atoms with E-state index in [1.54, 1.807) is 75.3 Å². The molecule has 13 rings (SSSR count). The number of ether oxygens (including phenoxy) is 3. The fourth-order valence-corrected chi connectivity index (χ4v) is 12.4. The summed E-state index contributed by atoms with van der Waals surface area (Å²) in [6.45, 7) is 1.37. The zero-order chi connectivity index (χ0) is 63.2. The first-order chi connectivity index (χ1) is 44.9. The number of aliphatic hydroxyl groups excluding tert-OH is 1. The zero-order valence-electron chi connectivity index (χ0n) is 50.3. The summed E-state index contributed by atoms with van der Waals surface area (Å²) in [5.41, 5.74) is 11.6. The van der Waals surface area contributed by atoms with E-state index < -0.39 is 29.8 Å². The van der Waals surface area contributed by atoms with Crippen LogP contribution < -0.4 is 30.2 Å². The summed E-state index contributed by atoms with van der Waals surface area (Å²) in [6, 6.07) is 53.6. The number of methoxy groups -OCH3 is 2. The fourth-order valence-electron chi connectivity index (χ4n) is 12.2. The van der Waals surface area contributed by atoms with Crippen molar-refractivity contribution in [3.8, 4) is 50.6 Å². The molecule has 4 unspecified atom stereocenters. The SMILES string of the molecule is COc1cc(OCC(NC(=O)c2cc(-c3ccc4[nH]ncc4c3)ccc2F)c2cccc(OC)c2)cc(C(CN2CCC(c3cc(Cl)cc(C(CCO)NC(=O)c4cccc(-c5ccc6[nH]ncc6c5)c4)c3)C2)NC(=O)c2cccc(-c3ccc4[nH]ncc4c3)c2)c1. The van der Waals surface area contributed by atoms with E-state index in [0.29, 0.717) is 69.7 Å². The Morgan fingerprint density at radius 1 is 0.565 bits per heavy atom. The maximum absolute atomic E-state index is 15.8. The van der Waals surface area contributed by atoms with Gasteiger partial charge in [0.25, 0.3) is 17.7 Å². The van der Waals surface area contributed by atoms with Crippen LogP contribution in [-0.4, -0.2) is 105 Å². The highest BCUT2D eigenvalue weighted by atomic mass is 35.5. The van der Waals surface area contributed by atoms with Gasteiger partial charge >= 0.3 is 0 Å². The number of hydrogen-bond donors (Lipinski definition) is 7. The Balaban J connectivity index is 0.766. The molecular weight excluding hydrogens is 1180 g/mol. The molecule has 1 aliphatic rings. The van der Waals surface area contributed by atoms with Gasteiger partial charge in [0.05, 0.1) is 73.0 Å². The van der Waals surface area contributed by atoms with Crippen LogP contribution in [0.5, 0.6) is 17.2 Å². The van der Waals surface area contributed by atoms with E-state index in [-0.39, 0.29) is 42.9 Å². The molecule has 3 aromatic heterocycles. The van der Waals surface area contributed by atoms with E-state index in [9.17, 15) is 19.5 Å². The molecule has 9 aromatic carbocycles. The zero-order valence-corrected chi connectivity index (χ0v) is 51.0. The summed E-state index contributed by atoms with van der Waals surface area (Å²) in [4.78, 5) is 45.5. The third kappa shape index (κ3) is 13.4. The highest BCUT2D eigenvalue weighted by Crippen LogP contribution is 2.36. The fraction of sp³-hybridized carbons (Fsp3) is 0.178. The summed E-state index contributed by atoms with van der Waals surface area (Å²) in [5.74, 6) is -0.540. The largest absolute Gasteiger partial charge is 0.497 e. The second kappa shape index (κ2) is 26.8. The summed E-state index contributed by atoms with van der Waals surface area (Å²) >= 11 is 6.95. The molecule has 1 fully saturated rings. The Bertz CT molecular complexity index is 4700. The number of aromatic nitrogens is 6. The lowest BCUT2D eigenvalue weighted by Gasteiger charge is -2.27. The lowest BCUT2D eigenvalue weighted by Crippen LogP contribution is -2.37. The van der Waals surface area contributed by atoms with E-state index in [2.05, 4.69) is 57.5 Å². The average molecular weight is 1250 g/mol. The molecule has 19 heteroatoms. The minimum atomic E-state index is -0.814. The van der Waals surface area contributed by atoms with Crippen LogP contribution in [0.15, 0.2) is 201 Å². The Morgan fingerprint density at radius 3 is 1.71 bits per heavy atom. The van der Waals surface area contributed by atoms with Crippen LogP contribution in [0.4, 0.5) is 4.39 Å². The van der Waals surface area contributed by atoms with Crippen molar-refractivity contribution in [3.63, 3.8) is 0 Å². The quantitative estimate of drug-likeness (QED) is 0.0338. The molecule has 7 N–H and O–H groups in total. The molecule has 0 spiro atoms. The van der Waals surface area contributed by atoms with Gasteiger partial charge in [0.2, 0.25) is 0 Å². The van der Waals surface area contributed by atoms with Gasteiger partial charge < -0.3 is 40.2 Å². The van der Waals surface area contributed by atoms with Gasteiger partial charge in [-0.3, -0.25) is 29.7 Å². The van der Waals surface area contributed by atoms with Gasteiger partial charge in [0.15, 0.2) is 0 Å². The molecule has 92 heavy (non-hydrogen) atoms. The second-order valence-electron chi connectivity index (χ2n) is 23.1. The molecule has 0 radical (unpaired) electrons. The van der Waals surface area contributed by atoms with Crippen molar-refractivity contribution in [2.24, 2.45) is 0 Å². The van der Waals surface area contributed by atoms with E-state index in [1.807, 2.05) is 121 Å². The number of likely N-dealkylation sites (tertiary alicyclic amines) is 1. The summed E-state index contributed by atoms with van der Waals surface area (Å²) in [5, 5.41) is 44.6. The van der Waals surface area contributed by atoms with Gasteiger partial charge in [-0.25, -0.2) is 4.39 Å². The number of aromatic amines is 3. The number of carbonyl (C=O) groups excluding carboxylic acids is 3. The normalized spacial score (nSPS) is 14.2. The van der Waals surface area contributed by atoms with Crippen molar-refractivity contribution in [1.29, 1.82) is 0 Å². The maximum atomic E-state index is 15.8. The van der Waals surface area contributed by atoms with Gasteiger partial charge in [-0.2, -0.15) is 15.3 Å². The number of halogens is 2. The highest BCUT2D eigenvalue weighted by molar-refractivity contribution is 6.30. The third-order valence-corrected chi connectivity index (χ3v) is 17.3. The predicted molar refractivity (Wildman–Crippen MR) is 354 cm³/mol. The monoisotopic (exact) mass is 1250 g/mol. The van der Waals surface area contributed by atoms with Gasteiger partial charge in [0.1, 0.15) is 29.7 Å². The smallest absolute Gasteiger partial charge is 0.254 e. The minimum absolute atomic E-state index is 0.0122.